The van der Waals surface area contributed by atoms with Crippen LogP contribution in [0.25, 0.3) is 21.9 Å². The normalized spacial score (nSPS) is 21.7. The highest BCUT2D eigenvalue weighted by atomic mass is 16.5. The number of ether oxygens (including phenoxy) is 1. The fourth-order valence-electron chi connectivity index (χ4n) is 4.61. The van der Waals surface area contributed by atoms with Gasteiger partial charge in [-0.3, -0.25) is 19.3 Å². The standard InChI is InChI=1S/C23H21NO5/c25-21(11-12-24-22(26)16-6-1-2-7-17(16)23(24)27)28-14-9-10-20-18(13-14)15-5-3-4-8-19(15)29-20/h3-5,8-10,13,16-17H,1-2,6-7,11-12H2/t16-,17-/m1/s1. The molecule has 2 atom stereocenters. The second-order valence-corrected chi connectivity index (χ2v) is 7.81. The Morgan fingerprint density at radius 1 is 0.966 bits per heavy atom. The van der Waals surface area contributed by atoms with Gasteiger partial charge in [0.1, 0.15) is 16.9 Å². The Labute approximate surface area is 167 Å². The predicted molar refractivity (Wildman–Crippen MR) is 106 cm³/mol. The summed E-state index contributed by atoms with van der Waals surface area (Å²) in [5.41, 5.74) is 1.50. The summed E-state index contributed by atoms with van der Waals surface area (Å²) in [7, 11) is 0. The zero-order chi connectivity index (χ0) is 20.0. The summed E-state index contributed by atoms with van der Waals surface area (Å²) < 4.78 is 11.2. The first kappa shape index (κ1) is 17.9. The number of likely N-dealkylation sites (tertiary alicyclic amines) is 1. The summed E-state index contributed by atoms with van der Waals surface area (Å²) in [4.78, 5) is 38.6. The highest BCUT2D eigenvalue weighted by Crippen LogP contribution is 2.38. The average Bonchev–Trinajstić information content (AvgIpc) is 3.22. The maximum atomic E-state index is 12.5. The number of carbonyl (C=O) groups excluding carboxylic acids is 3. The Hall–Kier alpha value is -3.15. The number of carbonyl (C=O) groups is 3. The molecule has 0 spiro atoms. The lowest BCUT2D eigenvalue weighted by molar-refractivity contribution is -0.141. The SMILES string of the molecule is O=C(CCN1C(=O)[C@@H]2CCCC[C@H]2C1=O)Oc1ccc2oc3ccccc3c2c1. The number of esters is 1. The minimum absolute atomic E-state index is 0.0128. The van der Waals surface area contributed by atoms with Gasteiger partial charge in [0.2, 0.25) is 11.8 Å². The molecule has 0 N–H and O–H groups in total. The molecule has 0 unspecified atom stereocenters. The van der Waals surface area contributed by atoms with Crippen LogP contribution in [0.2, 0.25) is 0 Å². The van der Waals surface area contributed by atoms with Crippen LogP contribution in [0.3, 0.4) is 0 Å². The van der Waals surface area contributed by atoms with E-state index in [-0.39, 0.29) is 36.6 Å². The number of hydrogen-bond acceptors (Lipinski definition) is 5. The van der Waals surface area contributed by atoms with Gasteiger partial charge in [0.25, 0.3) is 0 Å². The second-order valence-electron chi connectivity index (χ2n) is 7.81. The van der Waals surface area contributed by atoms with Gasteiger partial charge in [0, 0.05) is 17.3 Å². The molecule has 1 saturated carbocycles. The molecule has 2 fully saturated rings. The molecular formula is C23H21NO5. The first-order valence-corrected chi connectivity index (χ1v) is 10.1. The van der Waals surface area contributed by atoms with Gasteiger partial charge in [-0.25, -0.2) is 0 Å². The Morgan fingerprint density at radius 2 is 1.66 bits per heavy atom. The number of hydrogen-bond donors (Lipinski definition) is 0. The molecule has 5 rings (SSSR count). The van der Waals surface area contributed by atoms with Crippen molar-refractivity contribution in [3.05, 3.63) is 42.5 Å². The van der Waals surface area contributed by atoms with Gasteiger partial charge in [-0.2, -0.15) is 0 Å². The third-order valence-electron chi connectivity index (χ3n) is 6.05. The minimum Gasteiger partial charge on any atom is -0.456 e. The van der Waals surface area contributed by atoms with Gasteiger partial charge in [0.05, 0.1) is 18.3 Å². The van der Waals surface area contributed by atoms with Crippen molar-refractivity contribution in [2.75, 3.05) is 6.54 Å². The highest BCUT2D eigenvalue weighted by Gasteiger charge is 2.47. The number of para-hydroxylation sites is 1. The van der Waals surface area contributed by atoms with Crippen molar-refractivity contribution in [1.29, 1.82) is 0 Å². The zero-order valence-electron chi connectivity index (χ0n) is 15.9. The first-order chi connectivity index (χ1) is 14.1. The van der Waals surface area contributed by atoms with Crippen LogP contribution in [0.5, 0.6) is 5.75 Å². The monoisotopic (exact) mass is 391 g/mol. The fourth-order valence-corrected chi connectivity index (χ4v) is 4.61. The largest absolute Gasteiger partial charge is 0.456 e. The molecule has 29 heavy (non-hydrogen) atoms. The number of benzene rings is 2. The molecule has 6 nitrogen and oxygen atoms in total. The van der Waals surface area contributed by atoms with Gasteiger partial charge in [-0.15, -0.1) is 0 Å². The van der Waals surface area contributed by atoms with E-state index in [2.05, 4.69) is 0 Å². The predicted octanol–water partition coefficient (Wildman–Crippen LogP) is 4.06. The number of nitrogens with zero attached hydrogens (tertiary/aromatic N) is 1. The van der Waals surface area contributed by atoms with Crippen LogP contribution in [-0.4, -0.2) is 29.2 Å². The molecule has 1 saturated heterocycles. The molecule has 2 amide bonds. The smallest absolute Gasteiger partial charge is 0.312 e. The van der Waals surface area contributed by atoms with Crippen molar-refractivity contribution in [3.63, 3.8) is 0 Å². The molecule has 6 heteroatoms. The minimum atomic E-state index is -0.465. The third-order valence-corrected chi connectivity index (χ3v) is 6.05. The van der Waals surface area contributed by atoms with Crippen LogP contribution in [0.1, 0.15) is 32.1 Å². The summed E-state index contributed by atoms with van der Waals surface area (Å²) in [6.45, 7) is 0.0837. The lowest BCUT2D eigenvalue weighted by Gasteiger charge is -2.19. The topological polar surface area (TPSA) is 76.8 Å². The van der Waals surface area contributed by atoms with Gasteiger partial charge in [-0.1, -0.05) is 31.0 Å². The highest BCUT2D eigenvalue weighted by molar-refractivity contribution is 6.06. The fraction of sp³-hybridized carbons (Fsp3) is 0.348. The number of imide groups is 1. The van der Waals surface area contributed by atoms with Gasteiger partial charge >= 0.3 is 5.97 Å². The molecule has 1 aliphatic heterocycles. The summed E-state index contributed by atoms with van der Waals surface area (Å²) in [5, 5.41) is 1.83. The van der Waals surface area contributed by atoms with Gasteiger partial charge < -0.3 is 9.15 Å². The molecule has 2 aliphatic rings. The van der Waals surface area contributed by atoms with Crippen LogP contribution in [0.4, 0.5) is 0 Å². The summed E-state index contributed by atoms with van der Waals surface area (Å²) in [5.74, 6) is -0.680. The van der Waals surface area contributed by atoms with Crippen molar-refractivity contribution < 1.29 is 23.5 Å². The Morgan fingerprint density at radius 3 is 2.41 bits per heavy atom. The molecule has 2 aromatic carbocycles. The summed E-state index contributed by atoms with van der Waals surface area (Å²) in [6, 6.07) is 12.9. The van der Waals surface area contributed by atoms with Crippen molar-refractivity contribution in [1.82, 2.24) is 4.90 Å². The molecule has 1 aliphatic carbocycles. The zero-order valence-corrected chi connectivity index (χ0v) is 15.9. The van der Waals surface area contributed by atoms with E-state index in [9.17, 15) is 14.4 Å². The van der Waals surface area contributed by atoms with Gasteiger partial charge in [-0.05, 0) is 37.1 Å². The van der Waals surface area contributed by atoms with E-state index in [0.717, 1.165) is 47.6 Å². The number of rotatable bonds is 4. The molecule has 1 aromatic heterocycles. The molecule has 2 heterocycles. The molecule has 0 bridgehead atoms. The van der Waals surface area contributed by atoms with Crippen LogP contribution in [0.15, 0.2) is 46.9 Å². The Kier molecular flexibility index (Phi) is 4.34. The van der Waals surface area contributed by atoms with Crippen molar-refractivity contribution >= 4 is 39.7 Å². The van der Waals surface area contributed by atoms with E-state index in [1.54, 1.807) is 18.2 Å². The van der Waals surface area contributed by atoms with Crippen LogP contribution in [0, 0.1) is 11.8 Å². The van der Waals surface area contributed by atoms with E-state index in [1.807, 2.05) is 24.3 Å². The molecule has 0 radical (unpaired) electrons. The van der Waals surface area contributed by atoms with E-state index >= 15 is 0 Å². The van der Waals surface area contributed by atoms with Crippen LogP contribution in [-0.2, 0) is 14.4 Å². The van der Waals surface area contributed by atoms with Crippen molar-refractivity contribution in [3.8, 4) is 5.75 Å². The molecular weight excluding hydrogens is 370 g/mol. The number of fused-ring (bicyclic) bond motifs is 4. The van der Waals surface area contributed by atoms with Crippen LogP contribution < -0.4 is 4.74 Å². The molecule has 148 valence electrons. The number of furan rings is 1. The number of amides is 2. The van der Waals surface area contributed by atoms with Crippen molar-refractivity contribution in [2.45, 2.75) is 32.1 Å². The quantitative estimate of drug-likeness (QED) is 0.381. The van der Waals surface area contributed by atoms with E-state index in [0.29, 0.717) is 5.75 Å². The van der Waals surface area contributed by atoms with Crippen LogP contribution >= 0.6 is 0 Å². The first-order valence-electron chi connectivity index (χ1n) is 10.1. The second kappa shape index (κ2) is 7.03. The summed E-state index contributed by atoms with van der Waals surface area (Å²) in [6.07, 6.45) is 3.51. The average molecular weight is 391 g/mol. The Balaban J connectivity index is 1.27. The lowest BCUT2D eigenvalue weighted by atomic mass is 9.81. The summed E-state index contributed by atoms with van der Waals surface area (Å²) >= 11 is 0. The van der Waals surface area contributed by atoms with E-state index < -0.39 is 5.97 Å². The Bertz CT molecular complexity index is 1110. The van der Waals surface area contributed by atoms with E-state index in [4.69, 9.17) is 9.15 Å². The van der Waals surface area contributed by atoms with Gasteiger partial charge in [0.15, 0.2) is 0 Å². The third kappa shape index (κ3) is 3.09. The van der Waals surface area contributed by atoms with Crippen molar-refractivity contribution in [2.24, 2.45) is 11.8 Å². The maximum Gasteiger partial charge on any atom is 0.312 e. The lowest BCUT2D eigenvalue weighted by Crippen LogP contribution is -2.33. The maximum absolute atomic E-state index is 12.5. The van der Waals surface area contributed by atoms with E-state index in [1.165, 1.54) is 4.90 Å². The molecule has 3 aromatic rings.